The molecule has 1 saturated carbocycles. The number of ether oxygens (including phenoxy) is 1. The summed E-state index contributed by atoms with van der Waals surface area (Å²) in [7, 11) is 1.41. The maximum atomic E-state index is 13.4. The zero-order chi connectivity index (χ0) is 12.6. The molecule has 1 aliphatic rings. The van der Waals surface area contributed by atoms with E-state index in [1.54, 1.807) is 0 Å². The van der Waals surface area contributed by atoms with Crippen LogP contribution in [0.3, 0.4) is 0 Å². The molecule has 3 nitrogen and oxygen atoms in total. The largest absolute Gasteiger partial charge is 0.495 e. The van der Waals surface area contributed by atoms with Crippen LogP contribution in [0, 0.1) is 5.82 Å². The van der Waals surface area contributed by atoms with Crippen LogP contribution in [-0.4, -0.2) is 18.2 Å². The lowest BCUT2D eigenvalue weighted by molar-refractivity contribution is -0.147. The molecule has 0 aromatic heterocycles. The molecule has 1 N–H and O–H groups in total. The van der Waals surface area contributed by atoms with E-state index in [1.165, 1.54) is 19.2 Å². The Bertz CT molecular complexity index is 469. The number of carboxylic acids is 1. The zero-order valence-corrected chi connectivity index (χ0v) is 10.9. The Kier molecular flexibility index (Phi) is 3.12. The van der Waals surface area contributed by atoms with Gasteiger partial charge < -0.3 is 9.84 Å². The predicted molar refractivity (Wildman–Crippen MR) is 63.8 cm³/mol. The highest BCUT2D eigenvalue weighted by Crippen LogP contribution is 2.49. The van der Waals surface area contributed by atoms with E-state index in [0.29, 0.717) is 18.4 Å². The Morgan fingerprint density at radius 1 is 1.53 bits per heavy atom. The molecule has 0 radical (unpaired) electrons. The van der Waals surface area contributed by atoms with Crippen molar-refractivity contribution in [3.05, 3.63) is 28.0 Å². The van der Waals surface area contributed by atoms with Gasteiger partial charge in [-0.15, -0.1) is 0 Å². The van der Waals surface area contributed by atoms with Gasteiger partial charge in [-0.1, -0.05) is 12.5 Å². The summed E-state index contributed by atoms with van der Waals surface area (Å²) in [4.78, 5) is 11.4. The molecule has 5 heteroatoms. The van der Waals surface area contributed by atoms with Crippen molar-refractivity contribution in [1.29, 1.82) is 0 Å². The summed E-state index contributed by atoms with van der Waals surface area (Å²) in [6.07, 6.45) is 2.00. The monoisotopic (exact) mass is 302 g/mol. The average molecular weight is 303 g/mol. The maximum Gasteiger partial charge on any atom is 0.314 e. The molecule has 0 heterocycles. The molecule has 1 aliphatic carbocycles. The number of halogens is 2. The number of aliphatic carboxylic acids is 1. The fourth-order valence-electron chi connectivity index (χ4n) is 2.24. The van der Waals surface area contributed by atoms with Crippen molar-refractivity contribution >= 4 is 21.9 Å². The third-order valence-electron chi connectivity index (χ3n) is 3.39. The van der Waals surface area contributed by atoms with E-state index >= 15 is 0 Å². The zero-order valence-electron chi connectivity index (χ0n) is 9.30. The number of rotatable bonds is 3. The van der Waals surface area contributed by atoms with Gasteiger partial charge in [0.1, 0.15) is 11.6 Å². The molecule has 0 unspecified atom stereocenters. The second-order valence-corrected chi connectivity index (χ2v) is 4.98. The molecule has 1 aromatic rings. The summed E-state index contributed by atoms with van der Waals surface area (Å²) in [5.74, 6) is -1.04. The van der Waals surface area contributed by atoms with Gasteiger partial charge in [0, 0.05) is 5.56 Å². The van der Waals surface area contributed by atoms with E-state index in [1.807, 2.05) is 0 Å². The molecule has 92 valence electrons. The molecular weight excluding hydrogens is 291 g/mol. The van der Waals surface area contributed by atoms with E-state index in [2.05, 4.69) is 15.9 Å². The summed E-state index contributed by atoms with van der Waals surface area (Å²) in [5.41, 5.74) is -0.367. The Hall–Kier alpha value is -1.10. The van der Waals surface area contributed by atoms with E-state index in [9.17, 15) is 14.3 Å². The van der Waals surface area contributed by atoms with Crippen LogP contribution in [-0.2, 0) is 10.2 Å². The highest BCUT2D eigenvalue weighted by atomic mass is 79.9. The van der Waals surface area contributed by atoms with E-state index in [-0.39, 0.29) is 10.2 Å². The van der Waals surface area contributed by atoms with Crippen LogP contribution in [0.15, 0.2) is 16.6 Å². The smallest absolute Gasteiger partial charge is 0.314 e. The molecule has 0 saturated heterocycles. The van der Waals surface area contributed by atoms with Crippen molar-refractivity contribution in [1.82, 2.24) is 0 Å². The van der Waals surface area contributed by atoms with Crippen LogP contribution in [0.5, 0.6) is 5.75 Å². The van der Waals surface area contributed by atoms with Gasteiger partial charge in [0.15, 0.2) is 0 Å². The number of hydrogen-bond donors (Lipinski definition) is 1. The summed E-state index contributed by atoms with van der Waals surface area (Å²) in [6.45, 7) is 0. The first-order chi connectivity index (χ1) is 8.03. The van der Waals surface area contributed by atoms with Crippen molar-refractivity contribution < 1.29 is 19.0 Å². The quantitative estimate of drug-likeness (QED) is 0.933. The summed E-state index contributed by atoms with van der Waals surface area (Å²) >= 11 is 3.09. The van der Waals surface area contributed by atoms with Crippen molar-refractivity contribution in [2.75, 3.05) is 7.11 Å². The van der Waals surface area contributed by atoms with Gasteiger partial charge in [0.2, 0.25) is 0 Å². The van der Waals surface area contributed by atoms with Crippen LogP contribution >= 0.6 is 15.9 Å². The first-order valence-electron chi connectivity index (χ1n) is 5.29. The molecule has 0 spiro atoms. The summed E-state index contributed by atoms with van der Waals surface area (Å²) in [5, 5.41) is 9.35. The highest BCUT2D eigenvalue weighted by Gasteiger charge is 2.48. The second-order valence-electron chi connectivity index (χ2n) is 4.18. The Labute approximate surface area is 107 Å². The third-order valence-corrected chi connectivity index (χ3v) is 4.13. The van der Waals surface area contributed by atoms with Gasteiger partial charge >= 0.3 is 5.97 Å². The predicted octanol–water partition coefficient (Wildman–Crippen LogP) is 3.10. The molecule has 17 heavy (non-hydrogen) atoms. The molecule has 2 rings (SSSR count). The minimum atomic E-state index is -0.915. The molecule has 1 aromatic carbocycles. The second kappa shape index (κ2) is 4.29. The Morgan fingerprint density at radius 3 is 2.59 bits per heavy atom. The van der Waals surface area contributed by atoms with Crippen molar-refractivity contribution in [2.45, 2.75) is 24.7 Å². The topological polar surface area (TPSA) is 46.5 Å². The van der Waals surface area contributed by atoms with Crippen LogP contribution < -0.4 is 4.74 Å². The lowest BCUT2D eigenvalue weighted by Crippen LogP contribution is -2.42. The maximum absolute atomic E-state index is 13.4. The first-order valence-corrected chi connectivity index (χ1v) is 6.08. The van der Waals surface area contributed by atoms with Crippen LogP contribution in [0.1, 0.15) is 24.8 Å². The number of carboxylic acid groups (broad SMARTS) is 1. The molecule has 0 atom stereocenters. The number of methoxy groups -OCH3 is 1. The van der Waals surface area contributed by atoms with E-state index < -0.39 is 17.2 Å². The molecule has 1 fully saturated rings. The van der Waals surface area contributed by atoms with E-state index in [4.69, 9.17) is 4.74 Å². The molecule has 0 aliphatic heterocycles. The van der Waals surface area contributed by atoms with Crippen LogP contribution in [0.4, 0.5) is 4.39 Å². The minimum Gasteiger partial charge on any atom is -0.495 e. The molecular formula is C12H12BrFO3. The molecule has 0 amide bonds. The first kappa shape index (κ1) is 12.4. The average Bonchev–Trinajstić information content (AvgIpc) is 2.21. The summed E-state index contributed by atoms with van der Waals surface area (Å²) < 4.78 is 18.7. The van der Waals surface area contributed by atoms with Gasteiger partial charge in [-0.2, -0.15) is 0 Å². The minimum absolute atomic E-state index is 0.185. The number of benzene rings is 1. The fourth-order valence-corrected chi connectivity index (χ4v) is 2.74. The Balaban J connectivity index is 2.59. The Morgan fingerprint density at radius 2 is 2.18 bits per heavy atom. The van der Waals surface area contributed by atoms with Crippen molar-refractivity contribution in [3.63, 3.8) is 0 Å². The van der Waals surface area contributed by atoms with Crippen molar-refractivity contribution in [3.8, 4) is 5.75 Å². The van der Waals surface area contributed by atoms with Gasteiger partial charge in [-0.05, 0) is 34.8 Å². The lowest BCUT2D eigenvalue weighted by Gasteiger charge is -2.39. The third kappa shape index (κ3) is 1.73. The number of hydrogen-bond acceptors (Lipinski definition) is 2. The van der Waals surface area contributed by atoms with Gasteiger partial charge in [-0.25, -0.2) is 4.39 Å². The molecule has 0 bridgehead atoms. The van der Waals surface area contributed by atoms with Gasteiger partial charge in [0.25, 0.3) is 0 Å². The number of carbonyl (C=O) groups is 1. The normalized spacial score (nSPS) is 17.4. The lowest BCUT2D eigenvalue weighted by atomic mass is 9.64. The fraction of sp³-hybridized carbons (Fsp3) is 0.417. The van der Waals surface area contributed by atoms with Crippen LogP contribution in [0.25, 0.3) is 0 Å². The van der Waals surface area contributed by atoms with Gasteiger partial charge in [-0.3, -0.25) is 4.79 Å². The standard InChI is InChI=1S/C12H12BrFO3/c1-17-10-7(3-4-8(14)9(10)13)12(11(15)16)5-2-6-12/h3-4H,2,5-6H2,1H3,(H,15,16). The summed E-state index contributed by atoms with van der Waals surface area (Å²) in [6, 6.07) is 2.77. The highest BCUT2D eigenvalue weighted by molar-refractivity contribution is 9.10. The van der Waals surface area contributed by atoms with Gasteiger partial charge in [0.05, 0.1) is 17.0 Å². The van der Waals surface area contributed by atoms with E-state index in [0.717, 1.165) is 6.42 Å². The van der Waals surface area contributed by atoms with Crippen LogP contribution in [0.2, 0.25) is 0 Å². The SMILES string of the molecule is COc1c(C2(C(=O)O)CCC2)ccc(F)c1Br. The van der Waals surface area contributed by atoms with Crippen molar-refractivity contribution in [2.24, 2.45) is 0 Å².